The van der Waals surface area contributed by atoms with Gasteiger partial charge in [0.05, 0.1) is 0 Å². The maximum absolute atomic E-state index is 12.3. The molecule has 1 aromatic carbocycles. The lowest BCUT2D eigenvalue weighted by Crippen LogP contribution is -2.47. The number of amides is 1. The van der Waals surface area contributed by atoms with Gasteiger partial charge in [0.15, 0.2) is 0 Å². The summed E-state index contributed by atoms with van der Waals surface area (Å²) >= 11 is 3.49. The Hall–Kier alpha value is -1.98. The van der Waals surface area contributed by atoms with Crippen LogP contribution in [0.3, 0.4) is 0 Å². The number of aromatic nitrogens is 1. The standard InChI is InChI=1S/C19H20BrN3O/c20-18-6-2-1-5-17(18)7-8-19(24)23-12-10-22(11-13-23)15-16-4-3-9-21-14-16/h1-9,14H,10-13,15H2/b8-7+. The molecule has 24 heavy (non-hydrogen) atoms. The van der Waals surface area contributed by atoms with Gasteiger partial charge in [0.25, 0.3) is 0 Å². The van der Waals surface area contributed by atoms with Crippen LogP contribution in [-0.2, 0) is 11.3 Å². The van der Waals surface area contributed by atoms with Crippen LogP contribution >= 0.6 is 15.9 Å². The zero-order valence-corrected chi connectivity index (χ0v) is 15.0. The minimum Gasteiger partial charge on any atom is -0.337 e. The fourth-order valence-electron chi connectivity index (χ4n) is 2.75. The molecule has 2 heterocycles. The largest absolute Gasteiger partial charge is 0.337 e. The third-order valence-electron chi connectivity index (χ3n) is 4.12. The number of nitrogens with zero attached hydrogens (tertiary/aromatic N) is 3. The van der Waals surface area contributed by atoms with Crippen LogP contribution in [0.25, 0.3) is 6.08 Å². The highest BCUT2D eigenvalue weighted by atomic mass is 79.9. The average Bonchev–Trinajstić information content (AvgIpc) is 2.62. The van der Waals surface area contributed by atoms with Crippen molar-refractivity contribution in [2.45, 2.75) is 6.54 Å². The van der Waals surface area contributed by atoms with Gasteiger partial charge in [-0.25, -0.2) is 0 Å². The SMILES string of the molecule is O=C(/C=C/c1ccccc1Br)N1CCN(Cc2cccnc2)CC1. The van der Waals surface area contributed by atoms with Gasteiger partial charge >= 0.3 is 0 Å². The smallest absolute Gasteiger partial charge is 0.246 e. The molecule has 0 N–H and O–H groups in total. The summed E-state index contributed by atoms with van der Waals surface area (Å²) in [7, 11) is 0. The molecule has 1 amide bonds. The molecule has 1 aromatic heterocycles. The van der Waals surface area contributed by atoms with Crippen molar-refractivity contribution in [3.8, 4) is 0 Å². The number of hydrogen-bond donors (Lipinski definition) is 0. The van der Waals surface area contributed by atoms with Crippen molar-refractivity contribution in [2.75, 3.05) is 26.2 Å². The fraction of sp³-hybridized carbons (Fsp3) is 0.263. The summed E-state index contributed by atoms with van der Waals surface area (Å²) in [5.41, 5.74) is 2.23. The summed E-state index contributed by atoms with van der Waals surface area (Å²) in [5.74, 6) is 0.0757. The van der Waals surface area contributed by atoms with Gasteiger partial charge in [-0.05, 0) is 29.3 Å². The van der Waals surface area contributed by atoms with Gasteiger partial charge in [0, 0.05) is 55.7 Å². The number of piperazine rings is 1. The van der Waals surface area contributed by atoms with E-state index in [2.05, 4.69) is 31.9 Å². The van der Waals surface area contributed by atoms with E-state index in [4.69, 9.17) is 0 Å². The summed E-state index contributed by atoms with van der Waals surface area (Å²) < 4.78 is 0.996. The minimum atomic E-state index is 0.0757. The molecule has 0 aliphatic carbocycles. The lowest BCUT2D eigenvalue weighted by Gasteiger charge is -2.34. The average molecular weight is 386 g/mol. The van der Waals surface area contributed by atoms with Gasteiger partial charge in [0.2, 0.25) is 5.91 Å². The summed E-state index contributed by atoms with van der Waals surface area (Å²) in [6.07, 6.45) is 7.22. The molecule has 3 rings (SSSR count). The quantitative estimate of drug-likeness (QED) is 0.758. The van der Waals surface area contributed by atoms with Crippen molar-refractivity contribution in [1.82, 2.24) is 14.8 Å². The molecule has 0 saturated carbocycles. The van der Waals surface area contributed by atoms with Crippen LogP contribution in [0.1, 0.15) is 11.1 Å². The fourth-order valence-corrected chi connectivity index (χ4v) is 3.17. The topological polar surface area (TPSA) is 36.4 Å². The minimum absolute atomic E-state index is 0.0757. The molecule has 1 aliphatic rings. The third kappa shape index (κ3) is 4.52. The van der Waals surface area contributed by atoms with Crippen LogP contribution in [0, 0.1) is 0 Å². The van der Waals surface area contributed by atoms with Gasteiger partial charge in [-0.1, -0.05) is 40.2 Å². The van der Waals surface area contributed by atoms with Crippen molar-refractivity contribution in [2.24, 2.45) is 0 Å². The Kier molecular flexibility index (Phi) is 5.77. The van der Waals surface area contributed by atoms with Crippen molar-refractivity contribution in [1.29, 1.82) is 0 Å². The lowest BCUT2D eigenvalue weighted by atomic mass is 10.2. The Morgan fingerprint density at radius 1 is 1.12 bits per heavy atom. The first kappa shape index (κ1) is 16.9. The molecule has 1 saturated heterocycles. The maximum atomic E-state index is 12.3. The highest BCUT2D eigenvalue weighted by Crippen LogP contribution is 2.17. The van der Waals surface area contributed by atoms with Crippen LogP contribution < -0.4 is 0 Å². The van der Waals surface area contributed by atoms with Crippen LogP contribution in [-0.4, -0.2) is 46.9 Å². The summed E-state index contributed by atoms with van der Waals surface area (Å²) in [5, 5.41) is 0. The Morgan fingerprint density at radius 3 is 2.62 bits per heavy atom. The molecule has 2 aromatic rings. The molecule has 0 atom stereocenters. The summed E-state index contributed by atoms with van der Waals surface area (Å²) in [4.78, 5) is 20.8. The number of rotatable bonds is 4. The van der Waals surface area contributed by atoms with E-state index in [1.807, 2.05) is 47.5 Å². The van der Waals surface area contributed by atoms with E-state index in [-0.39, 0.29) is 5.91 Å². The molecule has 124 valence electrons. The van der Waals surface area contributed by atoms with Crippen LogP contribution in [0.15, 0.2) is 59.3 Å². The Labute approximate surface area is 150 Å². The lowest BCUT2D eigenvalue weighted by molar-refractivity contribution is -0.127. The molecule has 0 bridgehead atoms. The number of pyridine rings is 1. The monoisotopic (exact) mass is 385 g/mol. The van der Waals surface area contributed by atoms with E-state index in [1.54, 1.807) is 12.3 Å². The molecular formula is C19H20BrN3O. The van der Waals surface area contributed by atoms with Crippen LogP contribution in [0.4, 0.5) is 0 Å². The summed E-state index contributed by atoms with van der Waals surface area (Å²) in [6, 6.07) is 11.9. The van der Waals surface area contributed by atoms with E-state index >= 15 is 0 Å². The number of halogens is 1. The Morgan fingerprint density at radius 2 is 1.92 bits per heavy atom. The predicted octanol–water partition coefficient (Wildman–Crippen LogP) is 3.20. The first-order valence-corrected chi connectivity index (χ1v) is 8.84. The normalized spacial score (nSPS) is 15.8. The molecule has 1 aliphatic heterocycles. The van der Waals surface area contributed by atoms with Crippen molar-refractivity contribution < 1.29 is 4.79 Å². The van der Waals surface area contributed by atoms with Gasteiger partial charge in [0.1, 0.15) is 0 Å². The molecule has 1 fully saturated rings. The van der Waals surface area contributed by atoms with Crippen molar-refractivity contribution in [3.05, 3.63) is 70.5 Å². The zero-order chi connectivity index (χ0) is 16.8. The molecule has 0 spiro atoms. The first-order chi connectivity index (χ1) is 11.7. The number of benzene rings is 1. The molecule has 5 heteroatoms. The second kappa shape index (κ2) is 8.22. The molecule has 0 unspecified atom stereocenters. The molecular weight excluding hydrogens is 366 g/mol. The number of carbonyl (C=O) groups excluding carboxylic acids is 1. The summed E-state index contributed by atoms with van der Waals surface area (Å²) in [6.45, 7) is 4.20. The van der Waals surface area contributed by atoms with E-state index < -0.39 is 0 Å². The number of hydrogen-bond acceptors (Lipinski definition) is 3. The maximum Gasteiger partial charge on any atom is 0.246 e. The third-order valence-corrected chi connectivity index (χ3v) is 4.85. The second-order valence-corrected chi connectivity index (χ2v) is 6.67. The zero-order valence-electron chi connectivity index (χ0n) is 13.4. The highest BCUT2D eigenvalue weighted by molar-refractivity contribution is 9.10. The van der Waals surface area contributed by atoms with Gasteiger partial charge in [-0.2, -0.15) is 0 Å². The van der Waals surface area contributed by atoms with Crippen LogP contribution in [0.5, 0.6) is 0 Å². The van der Waals surface area contributed by atoms with Crippen molar-refractivity contribution >= 4 is 27.9 Å². The highest BCUT2D eigenvalue weighted by Gasteiger charge is 2.19. The van der Waals surface area contributed by atoms with E-state index in [0.717, 1.165) is 42.8 Å². The van der Waals surface area contributed by atoms with E-state index in [9.17, 15) is 4.79 Å². The molecule has 4 nitrogen and oxygen atoms in total. The van der Waals surface area contributed by atoms with Gasteiger partial charge in [-0.3, -0.25) is 14.7 Å². The van der Waals surface area contributed by atoms with E-state index in [0.29, 0.717) is 0 Å². The molecule has 0 radical (unpaired) electrons. The van der Waals surface area contributed by atoms with Crippen LogP contribution in [0.2, 0.25) is 0 Å². The number of carbonyl (C=O) groups is 1. The Bertz CT molecular complexity index is 710. The van der Waals surface area contributed by atoms with E-state index in [1.165, 1.54) is 5.56 Å². The van der Waals surface area contributed by atoms with Gasteiger partial charge in [-0.15, -0.1) is 0 Å². The van der Waals surface area contributed by atoms with Crippen molar-refractivity contribution in [3.63, 3.8) is 0 Å². The predicted molar refractivity (Wildman–Crippen MR) is 99.3 cm³/mol. The first-order valence-electron chi connectivity index (χ1n) is 8.05. The van der Waals surface area contributed by atoms with Gasteiger partial charge < -0.3 is 4.90 Å². The Balaban J connectivity index is 1.51. The second-order valence-electron chi connectivity index (χ2n) is 5.82.